The van der Waals surface area contributed by atoms with E-state index in [1.807, 2.05) is 56.3 Å². The Morgan fingerprint density at radius 1 is 1.04 bits per heavy atom. The fourth-order valence-corrected chi connectivity index (χ4v) is 2.72. The first-order valence-electron chi connectivity index (χ1n) is 8.92. The molecule has 140 valence electrons. The van der Waals surface area contributed by atoms with Gasteiger partial charge >= 0.3 is 0 Å². The van der Waals surface area contributed by atoms with Gasteiger partial charge in [0.15, 0.2) is 11.5 Å². The number of carbonyl (C=O) groups is 1. The molecule has 28 heavy (non-hydrogen) atoms. The van der Waals surface area contributed by atoms with Gasteiger partial charge in [0.25, 0.3) is 5.91 Å². The van der Waals surface area contributed by atoms with Crippen LogP contribution in [0.3, 0.4) is 0 Å². The highest BCUT2D eigenvalue weighted by Gasteiger charge is 2.14. The number of fused-ring (bicyclic) bond motifs is 1. The average Bonchev–Trinajstić information content (AvgIpc) is 3.12. The first-order valence-corrected chi connectivity index (χ1v) is 8.92. The summed E-state index contributed by atoms with van der Waals surface area (Å²) in [4.78, 5) is 16.6. The third-order valence-corrected chi connectivity index (χ3v) is 3.98. The second kappa shape index (κ2) is 7.43. The number of pyridine rings is 1. The fraction of sp³-hybridized carbons (Fsp3) is 0.150. The molecule has 0 atom stereocenters. The maximum Gasteiger partial charge on any atom is 0.251 e. The molecule has 0 fully saturated rings. The van der Waals surface area contributed by atoms with Crippen molar-refractivity contribution in [1.29, 1.82) is 0 Å². The summed E-state index contributed by atoms with van der Waals surface area (Å²) >= 11 is 0. The second-order valence-electron chi connectivity index (χ2n) is 6.56. The van der Waals surface area contributed by atoms with Gasteiger partial charge in [0.1, 0.15) is 5.69 Å². The lowest BCUT2D eigenvalue weighted by Gasteiger charge is -2.09. The van der Waals surface area contributed by atoms with Gasteiger partial charge in [0, 0.05) is 23.5 Å². The van der Waals surface area contributed by atoms with Crippen molar-refractivity contribution in [2.24, 2.45) is 0 Å². The summed E-state index contributed by atoms with van der Waals surface area (Å²) in [5.41, 5.74) is 2.55. The third-order valence-electron chi connectivity index (χ3n) is 3.98. The van der Waals surface area contributed by atoms with E-state index in [0.717, 1.165) is 5.69 Å². The van der Waals surface area contributed by atoms with Crippen molar-refractivity contribution in [2.75, 3.05) is 5.32 Å². The molecule has 0 unspecified atom stereocenters. The number of amides is 1. The molecule has 0 aliphatic rings. The van der Waals surface area contributed by atoms with Gasteiger partial charge in [-0.3, -0.25) is 9.78 Å². The summed E-state index contributed by atoms with van der Waals surface area (Å²) < 4.78 is 1.61. The Morgan fingerprint density at radius 3 is 2.64 bits per heavy atom. The van der Waals surface area contributed by atoms with Crippen molar-refractivity contribution < 1.29 is 4.79 Å². The van der Waals surface area contributed by atoms with Crippen LogP contribution in [0.25, 0.3) is 17.2 Å². The zero-order valence-corrected chi connectivity index (χ0v) is 15.5. The Labute approximate surface area is 161 Å². The number of aromatic nitrogens is 5. The van der Waals surface area contributed by atoms with Crippen molar-refractivity contribution in [3.05, 3.63) is 66.4 Å². The Balaban J connectivity index is 1.69. The van der Waals surface area contributed by atoms with E-state index < -0.39 is 0 Å². The molecule has 3 aromatic heterocycles. The molecule has 0 spiro atoms. The summed E-state index contributed by atoms with van der Waals surface area (Å²) in [6.07, 6.45) is 1.58. The summed E-state index contributed by atoms with van der Waals surface area (Å²) in [5.74, 6) is 0.950. The topological polar surface area (TPSA) is 97.1 Å². The minimum Gasteiger partial charge on any atom is -0.350 e. The average molecular weight is 373 g/mol. The molecular formula is C20H19N7O. The van der Waals surface area contributed by atoms with Crippen LogP contribution in [0, 0.1) is 0 Å². The Hall–Kier alpha value is -3.81. The van der Waals surface area contributed by atoms with Gasteiger partial charge in [0.05, 0.1) is 0 Å². The molecule has 4 aromatic rings. The molecule has 2 N–H and O–H groups in total. The van der Waals surface area contributed by atoms with Crippen molar-refractivity contribution in [3.8, 4) is 11.5 Å². The summed E-state index contributed by atoms with van der Waals surface area (Å²) in [7, 11) is 0. The molecule has 0 radical (unpaired) electrons. The number of hydrogen-bond donors (Lipinski definition) is 2. The molecule has 4 rings (SSSR count). The predicted octanol–water partition coefficient (Wildman–Crippen LogP) is 3.07. The molecule has 1 amide bonds. The van der Waals surface area contributed by atoms with Crippen LogP contribution in [-0.4, -0.2) is 36.7 Å². The normalized spacial score (nSPS) is 11.0. The van der Waals surface area contributed by atoms with Gasteiger partial charge in [-0.25, -0.2) is 0 Å². The molecule has 1 aromatic carbocycles. The maximum atomic E-state index is 12.3. The Bertz CT molecular complexity index is 1120. The SMILES string of the molecule is CC(C)NC(=O)c1ccnc(-c2nnc3ccc(Nc4ccccc4)nn23)c1. The standard InChI is InChI=1S/C20H19N7O/c1-13(2)22-20(28)14-10-11-21-16(12-14)19-25-24-18-9-8-17(26-27(18)19)23-15-6-4-3-5-7-15/h3-13H,1-2H3,(H,22,28)(H,23,26). The maximum absolute atomic E-state index is 12.3. The van der Waals surface area contributed by atoms with E-state index in [1.165, 1.54) is 0 Å². The number of benzene rings is 1. The summed E-state index contributed by atoms with van der Waals surface area (Å²) in [6.45, 7) is 3.83. The highest BCUT2D eigenvalue weighted by Crippen LogP contribution is 2.19. The molecule has 0 saturated carbocycles. The van der Waals surface area contributed by atoms with E-state index >= 15 is 0 Å². The molecule has 8 heteroatoms. The molecular weight excluding hydrogens is 354 g/mol. The largest absolute Gasteiger partial charge is 0.350 e. The van der Waals surface area contributed by atoms with Crippen molar-refractivity contribution >= 4 is 23.1 Å². The number of nitrogens with one attached hydrogen (secondary N) is 2. The minimum absolute atomic E-state index is 0.0475. The van der Waals surface area contributed by atoms with E-state index in [1.54, 1.807) is 22.8 Å². The van der Waals surface area contributed by atoms with Crippen molar-refractivity contribution in [1.82, 2.24) is 30.1 Å². The lowest BCUT2D eigenvalue weighted by atomic mass is 10.2. The molecule has 0 saturated heterocycles. The number of rotatable bonds is 5. The molecule has 8 nitrogen and oxygen atoms in total. The smallest absolute Gasteiger partial charge is 0.251 e. The lowest BCUT2D eigenvalue weighted by molar-refractivity contribution is 0.0943. The van der Waals surface area contributed by atoms with Crippen LogP contribution < -0.4 is 10.6 Å². The van der Waals surface area contributed by atoms with Crippen LogP contribution in [0.15, 0.2) is 60.8 Å². The number of carbonyl (C=O) groups excluding carboxylic acids is 1. The van der Waals surface area contributed by atoms with Gasteiger partial charge in [-0.1, -0.05) is 18.2 Å². The van der Waals surface area contributed by atoms with Crippen LogP contribution >= 0.6 is 0 Å². The molecule has 0 aliphatic heterocycles. The summed E-state index contributed by atoms with van der Waals surface area (Å²) in [5, 5.41) is 19.0. The van der Waals surface area contributed by atoms with E-state index in [9.17, 15) is 4.79 Å². The van der Waals surface area contributed by atoms with Crippen molar-refractivity contribution in [3.63, 3.8) is 0 Å². The first kappa shape index (κ1) is 17.6. The number of anilines is 2. The monoisotopic (exact) mass is 373 g/mol. The highest BCUT2D eigenvalue weighted by atomic mass is 16.1. The van der Waals surface area contributed by atoms with Gasteiger partial charge in [-0.15, -0.1) is 15.3 Å². The van der Waals surface area contributed by atoms with E-state index in [-0.39, 0.29) is 11.9 Å². The molecule has 3 heterocycles. The second-order valence-corrected chi connectivity index (χ2v) is 6.56. The van der Waals surface area contributed by atoms with Gasteiger partial charge in [0.2, 0.25) is 5.82 Å². The zero-order valence-electron chi connectivity index (χ0n) is 15.5. The van der Waals surface area contributed by atoms with Crippen LogP contribution in [0.2, 0.25) is 0 Å². The van der Waals surface area contributed by atoms with Gasteiger partial charge in [-0.2, -0.15) is 4.52 Å². The molecule has 0 aliphatic carbocycles. The van der Waals surface area contributed by atoms with E-state index in [2.05, 4.69) is 30.9 Å². The van der Waals surface area contributed by atoms with Gasteiger partial charge < -0.3 is 10.6 Å². The Kier molecular flexibility index (Phi) is 4.67. The van der Waals surface area contributed by atoms with Crippen LogP contribution in [0.4, 0.5) is 11.5 Å². The van der Waals surface area contributed by atoms with Gasteiger partial charge in [-0.05, 0) is 50.2 Å². The van der Waals surface area contributed by atoms with Crippen LogP contribution in [-0.2, 0) is 0 Å². The minimum atomic E-state index is -0.160. The highest BCUT2D eigenvalue weighted by molar-refractivity contribution is 5.95. The van der Waals surface area contributed by atoms with Crippen LogP contribution in [0.5, 0.6) is 0 Å². The predicted molar refractivity (Wildman–Crippen MR) is 106 cm³/mol. The molecule has 0 bridgehead atoms. The first-order chi connectivity index (χ1) is 13.6. The number of para-hydroxylation sites is 1. The summed E-state index contributed by atoms with van der Waals surface area (Å²) in [6, 6.07) is 16.8. The van der Waals surface area contributed by atoms with E-state index in [0.29, 0.717) is 28.5 Å². The van der Waals surface area contributed by atoms with E-state index in [4.69, 9.17) is 0 Å². The van der Waals surface area contributed by atoms with Crippen molar-refractivity contribution in [2.45, 2.75) is 19.9 Å². The Morgan fingerprint density at radius 2 is 1.86 bits per heavy atom. The lowest BCUT2D eigenvalue weighted by Crippen LogP contribution is -2.30. The zero-order chi connectivity index (χ0) is 19.5. The fourth-order valence-electron chi connectivity index (χ4n) is 2.72. The third kappa shape index (κ3) is 3.66. The number of hydrogen-bond acceptors (Lipinski definition) is 6. The quantitative estimate of drug-likeness (QED) is 0.558. The number of nitrogens with zero attached hydrogens (tertiary/aromatic N) is 5. The van der Waals surface area contributed by atoms with Crippen LogP contribution in [0.1, 0.15) is 24.2 Å².